The van der Waals surface area contributed by atoms with Crippen LogP contribution in [0.1, 0.15) is 42.5 Å². The van der Waals surface area contributed by atoms with E-state index in [9.17, 15) is 8.78 Å². The van der Waals surface area contributed by atoms with Gasteiger partial charge in [0.05, 0.1) is 17.5 Å². The van der Waals surface area contributed by atoms with E-state index < -0.39 is 42.2 Å². The zero-order valence-corrected chi connectivity index (χ0v) is 19.6. The zero-order valence-electron chi connectivity index (χ0n) is 18.7. The Morgan fingerprint density at radius 2 is 1.50 bits per heavy atom. The number of hydrogen-bond donors (Lipinski definition) is 0. The molecule has 0 saturated heterocycles. The van der Waals surface area contributed by atoms with Gasteiger partial charge in [-0.2, -0.15) is 8.78 Å². The highest BCUT2D eigenvalue weighted by atomic mass is 31.2. The first-order valence-corrected chi connectivity index (χ1v) is 12.3. The first-order valence-electron chi connectivity index (χ1n) is 11.1. The molecular formula is C26H23F6OP. The average molecular weight is 496 g/mol. The first-order chi connectivity index (χ1) is 16.2. The summed E-state index contributed by atoms with van der Waals surface area (Å²) in [4.78, 5) is 0. The van der Waals surface area contributed by atoms with Gasteiger partial charge in [-0.1, -0.05) is 37.6 Å². The van der Waals surface area contributed by atoms with Crippen LogP contribution >= 0.6 is 8.23 Å². The molecule has 0 spiro atoms. The second-order valence-corrected chi connectivity index (χ2v) is 9.74. The standard InChI is InChI=1S/C26H23F6OP/c1-3-5-15-6-7-16(20(27)14-15)8-9-17-10-11-18-19-12-13-21(33-4-2)24(29)25(19)34(32)26(30,31)22(18)23(17)28/h6-7,10-14H,3-5,8-9H2,1-2H3. The van der Waals surface area contributed by atoms with Crippen molar-refractivity contribution in [3.8, 4) is 16.9 Å². The fraction of sp³-hybridized carbons (Fsp3) is 0.308. The maximum atomic E-state index is 15.3. The van der Waals surface area contributed by atoms with Crippen molar-refractivity contribution in [3.63, 3.8) is 0 Å². The van der Waals surface area contributed by atoms with Crippen LogP contribution in [-0.2, 0) is 24.9 Å². The minimum Gasteiger partial charge on any atom is -0.491 e. The van der Waals surface area contributed by atoms with Crippen molar-refractivity contribution in [1.82, 2.24) is 0 Å². The van der Waals surface area contributed by atoms with E-state index in [0.717, 1.165) is 18.4 Å². The maximum absolute atomic E-state index is 15.3. The van der Waals surface area contributed by atoms with Gasteiger partial charge < -0.3 is 4.74 Å². The first kappa shape index (κ1) is 24.6. The number of fused-ring (bicyclic) bond motifs is 3. The van der Waals surface area contributed by atoms with E-state index in [1.807, 2.05) is 6.92 Å². The summed E-state index contributed by atoms with van der Waals surface area (Å²) in [6.07, 6.45) is 1.64. The normalized spacial score (nSPS) is 16.2. The summed E-state index contributed by atoms with van der Waals surface area (Å²) in [6.45, 7) is 3.64. The van der Waals surface area contributed by atoms with Gasteiger partial charge in [0.2, 0.25) is 0 Å². The highest BCUT2D eigenvalue weighted by molar-refractivity contribution is 7.61. The molecule has 34 heavy (non-hydrogen) atoms. The molecule has 0 N–H and O–H groups in total. The maximum Gasteiger partial charge on any atom is 0.326 e. The Morgan fingerprint density at radius 1 is 0.824 bits per heavy atom. The van der Waals surface area contributed by atoms with Crippen molar-refractivity contribution in [3.05, 3.63) is 82.2 Å². The number of halogens is 6. The molecule has 0 aromatic heterocycles. The molecule has 1 unspecified atom stereocenters. The Balaban J connectivity index is 1.71. The summed E-state index contributed by atoms with van der Waals surface area (Å²) in [5.41, 5.74) is -4.56. The van der Waals surface area contributed by atoms with Crippen LogP contribution in [0.2, 0.25) is 0 Å². The lowest BCUT2D eigenvalue weighted by Gasteiger charge is -2.31. The molecule has 1 nitrogen and oxygen atoms in total. The van der Waals surface area contributed by atoms with Gasteiger partial charge in [0.1, 0.15) is 11.6 Å². The summed E-state index contributed by atoms with van der Waals surface area (Å²) in [6, 6.07) is 9.90. The molecule has 1 atom stereocenters. The monoisotopic (exact) mass is 496 g/mol. The molecule has 3 aromatic rings. The van der Waals surface area contributed by atoms with E-state index in [1.165, 1.54) is 30.3 Å². The van der Waals surface area contributed by atoms with Crippen molar-refractivity contribution in [2.45, 2.75) is 45.2 Å². The van der Waals surface area contributed by atoms with Gasteiger partial charge in [-0.15, -0.1) is 0 Å². The van der Waals surface area contributed by atoms with Crippen LogP contribution < -0.4 is 10.0 Å². The number of ether oxygens (including phenoxy) is 1. The van der Waals surface area contributed by atoms with Crippen molar-refractivity contribution in [2.24, 2.45) is 0 Å². The molecule has 0 bridgehead atoms. The number of hydrogen-bond acceptors (Lipinski definition) is 1. The lowest BCUT2D eigenvalue weighted by Crippen LogP contribution is -2.28. The Kier molecular flexibility index (Phi) is 6.95. The summed E-state index contributed by atoms with van der Waals surface area (Å²) < 4.78 is 94.9. The number of alkyl halides is 2. The average Bonchev–Trinajstić information content (AvgIpc) is 2.79. The number of aryl methyl sites for hydroxylation is 3. The van der Waals surface area contributed by atoms with Crippen molar-refractivity contribution in [2.75, 3.05) is 6.61 Å². The largest absolute Gasteiger partial charge is 0.491 e. The van der Waals surface area contributed by atoms with Gasteiger partial charge in [-0.3, -0.25) is 0 Å². The smallest absolute Gasteiger partial charge is 0.326 e. The van der Waals surface area contributed by atoms with Crippen LogP contribution in [0.4, 0.5) is 26.1 Å². The minimum absolute atomic E-state index is 0.0477. The molecular weight excluding hydrogens is 473 g/mol. The predicted molar refractivity (Wildman–Crippen MR) is 122 cm³/mol. The van der Waals surface area contributed by atoms with Gasteiger partial charge in [0, 0.05) is 0 Å². The third-order valence-corrected chi connectivity index (χ3v) is 7.50. The third-order valence-electron chi connectivity index (χ3n) is 5.96. The van der Waals surface area contributed by atoms with Gasteiger partial charge in [-0.05, 0) is 72.2 Å². The minimum atomic E-state index is -4.23. The van der Waals surface area contributed by atoms with Gasteiger partial charge in [0.15, 0.2) is 19.8 Å². The summed E-state index contributed by atoms with van der Waals surface area (Å²) in [5, 5.41) is -0.778. The van der Waals surface area contributed by atoms with E-state index in [2.05, 4.69) is 0 Å². The van der Waals surface area contributed by atoms with Crippen LogP contribution in [0.15, 0.2) is 42.5 Å². The quantitative estimate of drug-likeness (QED) is 0.238. The van der Waals surface area contributed by atoms with Gasteiger partial charge in [-0.25, -0.2) is 17.4 Å². The van der Waals surface area contributed by atoms with Gasteiger partial charge >= 0.3 is 5.66 Å². The molecule has 4 rings (SSSR count). The fourth-order valence-corrected chi connectivity index (χ4v) is 5.68. The van der Waals surface area contributed by atoms with Crippen LogP contribution in [0, 0.1) is 17.5 Å². The van der Waals surface area contributed by atoms with E-state index in [0.29, 0.717) is 5.56 Å². The molecule has 0 saturated carbocycles. The highest BCUT2D eigenvalue weighted by Gasteiger charge is 2.53. The summed E-state index contributed by atoms with van der Waals surface area (Å²) in [7, 11) is -3.87. The molecule has 0 aliphatic carbocycles. The van der Waals surface area contributed by atoms with E-state index in [-0.39, 0.29) is 41.9 Å². The SMILES string of the molecule is CCCc1ccc(CCc2ccc3c(c2F)C(F)(F)P(F)c2c-3ccc(OCC)c2F)c(F)c1. The molecule has 1 aliphatic heterocycles. The molecule has 1 heterocycles. The van der Waals surface area contributed by atoms with E-state index in [4.69, 9.17) is 4.74 Å². The Morgan fingerprint density at radius 3 is 2.18 bits per heavy atom. The molecule has 0 fully saturated rings. The van der Waals surface area contributed by atoms with E-state index >= 15 is 17.4 Å². The van der Waals surface area contributed by atoms with Crippen molar-refractivity contribution < 1.29 is 30.9 Å². The molecule has 3 aromatic carbocycles. The zero-order chi connectivity index (χ0) is 24.6. The predicted octanol–water partition coefficient (Wildman–Crippen LogP) is 7.96. The molecule has 1 aliphatic rings. The molecule has 8 heteroatoms. The summed E-state index contributed by atoms with van der Waals surface area (Å²) >= 11 is 0. The lowest BCUT2D eigenvalue weighted by atomic mass is 9.93. The second kappa shape index (κ2) is 9.61. The third kappa shape index (κ3) is 4.19. The van der Waals surface area contributed by atoms with E-state index in [1.54, 1.807) is 19.1 Å². The Hall–Kier alpha value is -2.53. The van der Waals surface area contributed by atoms with Crippen LogP contribution in [0.3, 0.4) is 0 Å². The van der Waals surface area contributed by atoms with Crippen LogP contribution in [0.5, 0.6) is 5.75 Å². The lowest BCUT2D eigenvalue weighted by molar-refractivity contribution is 0.0882. The second-order valence-electron chi connectivity index (χ2n) is 8.17. The number of rotatable bonds is 7. The molecule has 180 valence electrons. The van der Waals surface area contributed by atoms with Crippen LogP contribution in [0.25, 0.3) is 11.1 Å². The number of benzene rings is 3. The van der Waals surface area contributed by atoms with Crippen molar-refractivity contribution >= 4 is 13.5 Å². The van der Waals surface area contributed by atoms with Crippen LogP contribution in [-0.4, -0.2) is 6.61 Å². The van der Waals surface area contributed by atoms with Gasteiger partial charge in [0.25, 0.3) is 0 Å². The topological polar surface area (TPSA) is 9.23 Å². The Labute approximate surface area is 195 Å². The summed E-state index contributed by atoms with van der Waals surface area (Å²) in [5.74, 6) is -3.19. The Bertz CT molecular complexity index is 1230. The highest BCUT2D eigenvalue weighted by Crippen LogP contribution is 2.65. The van der Waals surface area contributed by atoms with Crippen molar-refractivity contribution in [1.29, 1.82) is 0 Å². The molecule has 0 amide bonds. The molecule has 0 radical (unpaired) electrons. The fourth-order valence-electron chi connectivity index (χ4n) is 4.30.